The molecule has 2 saturated carbocycles. The van der Waals surface area contributed by atoms with Crippen LogP contribution in [0, 0.1) is 28.1 Å². The van der Waals surface area contributed by atoms with Gasteiger partial charge in [-0.2, -0.15) is 0 Å². The number of rotatable bonds is 4. The van der Waals surface area contributed by atoms with Gasteiger partial charge in [-0.05, 0) is 41.7 Å². The second-order valence-electron chi connectivity index (χ2n) is 12.5. The van der Waals surface area contributed by atoms with Crippen molar-refractivity contribution in [3.8, 4) is 0 Å². The summed E-state index contributed by atoms with van der Waals surface area (Å²) < 4.78 is 29.2. The van der Waals surface area contributed by atoms with Crippen molar-refractivity contribution in [2.75, 3.05) is 7.11 Å². The second-order valence-corrected chi connectivity index (χ2v) is 12.5. The van der Waals surface area contributed by atoms with E-state index in [0.29, 0.717) is 12.8 Å². The number of furan rings is 1. The lowest BCUT2D eigenvalue weighted by Crippen LogP contribution is -2.76. The zero-order valence-electron chi connectivity index (χ0n) is 22.9. The van der Waals surface area contributed by atoms with Crippen molar-refractivity contribution in [1.29, 1.82) is 0 Å². The standard InChI is InChI=1S/C29H38O9/c1-15-18-8-10-27(5)24(17-9-11-35-14-17)37-21(32)13-29(15,27)38-25-22(36-16(2)30)23(33)26(3,4)19(28(18,25)6)12-20(31)34-7/h9,11,14,18-19,22-25,33H,1,8,10,12-13H2,2-7H3/t18-,19+,22-,23+,24+,25+,27-,28+,29-/m0/s1. The maximum atomic E-state index is 13.2. The first kappa shape index (κ1) is 26.9. The third-order valence-corrected chi connectivity index (χ3v) is 10.5. The zero-order chi connectivity index (χ0) is 27.8. The average Bonchev–Trinajstić information content (AvgIpc) is 3.38. The number of methoxy groups -OCH3 is 1. The molecular formula is C29H38O9. The Kier molecular flexibility index (Phi) is 6.15. The highest BCUT2D eigenvalue weighted by molar-refractivity contribution is 5.74. The topological polar surface area (TPSA) is 122 Å². The number of aliphatic hydroxyl groups is 1. The lowest BCUT2D eigenvalue weighted by molar-refractivity contribution is -0.339. The van der Waals surface area contributed by atoms with Crippen LogP contribution in [-0.2, 0) is 33.3 Å². The number of ether oxygens (including phenoxy) is 4. The van der Waals surface area contributed by atoms with E-state index in [1.165, 1.54) is 14.0 Å². The number of cyclic esters (lactones) is 1. The third kappa shape index (κ3) is 3.40. The molecule has 0 unspecified atom stereocenters. The number of hydrogen-bond acceptors (Lipinski definition) is 9. The van der Waals surface area contributed by atoms with E-state index < -0.39 is 70.1 Å². The monoisotopic (exact) mass is 530 g/mol. The zero-order valence-corrected chi connectivity index (χ0v) is 22.9. The van der Waals surface area contributed by atoms with E-state index in [-0.39, 0.29) is 18.8 Å². The summed E-state index contributed by atoms with van der Waals surface area (Å²) in [7, 11) is 1.34. The number of carbonyl (C=O) groups excluding carboxylic acids is 3. The molecule has 9 atom stereocenters. The van der Waals surface area contributed by atoms with E-state index >= 15 is 0 Å². The van der Waals surface area contributed by atoms with Crippen molar-refractivity contribution in [3.63, 3.8) is 0 Å². The molecule has 0 radical (unpaired) electrons. The van der Waals surface area contributed by atoms with Crippen LogP contribution in [0.5, 0.6) is 0 Å². The Labute approximate surface area is 222 Å². The van der Waals surface area contributed by atoms with Gasteiger partial charge in [0.15, 0.2) is 6.10 Å². The van der Waals surface area contributed by atoms with Crippen LogP contribution in [0.2, 0.25) is 0 Å². The van der Waals surface area contributed by atoms with E-state index in [1.807, 2.05) is 27.7 Å². The highest BCUT2D eigenvalue weighted by Crippen LogP contribution is 2.72. The fourth-order valence-electron chi connectivity index (χ4n) is 8.48. The maximum absolute atomic E-state index is 13.2. The molecule has 4 aliphatic rings. The van der Waals surface area contributed by atoms with Crippen LogP contribution in [0.3, 0.4) is 0 Å². The van der Waals surface area contributed by atoms with Crippen molar-refractivity contribution in [1.82, 2.24) is 0 Å². The number of aliphatic hydroxyl groups excluding tert-OH is 1. The Morgan fingerprint density at radius 1 is 1.24 bits per heavy atom. The Hall–Kier alpha value is -2.65. The summed E-state index contributed by atoms with van der Waals surface area (Å²) >= 11 is 0. The van der Waals surface area contributed by atoms with Crippen LogP contribution in [0.4, 0.5) is 0 Å². The molecule has 2 aliphatic carbocycles. The van der Waals surface area contributed by atoms with Crippen LogP contribution in [0.25, 0.3) is 0 Å². The number of hydrogen-bond donors (Lipinski definition) is 1. The maximum Gasteiger partial charge on any atom is 0.309 e. The van der Waals surface area contributed by atoms with Crippen molar-refractivity contribution < 1.29 is 42.9 Å². The molecule has 4 fully saturated rings. The summed E-state index contributed by atoms with van der Waals surface area (Å²) in [6, 6.07) is 1.78. The predicted octanol–water partition coefficient (Wildman–Crippen LogP) is 3.90. The second kappa shape index (κ2) is 8.68. The first-order chi connectivity index (χ1) is 17.7. The van der Waals surface area contributed by atoms with Gasteiger partial charge in [0.1, 0.15) is 17.8 Å². The van der Waals surface area contributed by atoms with Crippen molar-refractivity contribution in [2.24, 2.45) is 28.1 Å². The van der Waals surface area contributed by atoms with E-state index in [9.17, 15) is 19.5 Å². The molecule has 38 heavy (non-hydrogen) atoms. The van der Waals surface area contributed by atoms with Crippen LogP contribution < -0.4 is 0 Å². The van der Waals surface area contributed by atoms with Crippen LogP contribution in [-0.4, -0.2) is 54.0 Å². The highest BCUT2D eigenvalue weighted by atomic mass is 16.6. The van der Waals surface area contributed by atoms with E-state index in [1.54, 1.807) is 18.6 Å². The van der Waals surface area contributed by atoms with Crippen molar-refractivity contribution in [2.45, 2.75) is 90.3 Å². The van der Waals surface area contributed by atoms with Gasteiger partial charge in [0.05, 0.1) is 32.2 Å². The summed E-state index contributed by atoms with van der Waals surface area (Å²) in [6.45, 7) is 13.7. The van der Waals surface area contributed by atoms with Gasteiger partial charge in [0.2, 0.25) is 0 Å². The van der Waals surface area contributed by atoms with Crippen LogP contribution in [0.15, 0.2) is 35.2 Å². The molecule has 9 nitrogen and oxygen atoms in total. The number of carbonyl (C=O) groups is 3. The van der Waals surface area contributed by atoms with E-state index in [4.69, 9.17) is 23.4 Å². The lowest BCUT2D eigenvalue weighted by Gasteiger charge is -2.71. The van der Waals surface area contributed by atoms with Gasteiger partial charge >= 0.3 is 17.9 Å². The van der Waals surface area contributed by atoms with Gasteiger partial charge in [0.25, 0.3) is 0 Å². The normalized spacial score (nSPS) is 43.3. The molecule has 3 heterocycles. The van der Waals surface area contributed by atoms with Gasteiger partial charge in [-0.3, -0.25) is 14.4 Å². The first-order valence-corrected chi connectivity index (χ1v) is 13.2. The molecule has 1 spiro atoms. The summed E-state index contributed by atoms with van der Waals surface area (Å²) in [6.07, 6.45) is 0.888. The highest BCUT2D eigenvalue weighted by Gasteiger charge is 2.75. The number of fused-ring (bicyclic) bond motifs is 3. The Bertz CT molecular complexity index is 1150. The van der Waals surface area contributed by atoms with Gasteiger partial charge < -0.3 is 28.5 Å². The molecule has 1 aromatic rings. The molecule has 1 N–H and O–H groups in total. The lowest BCUT2D eigenvalue weighted by atomic mass is 9.41. The first-order valence-electron chi connectivity index (χ1n) is 13.2. The predicted molar refractivity (Wildman–Crippen MR) is 133 cm³/mol. The van der Waals surface area contributed by atoms with Crippen LogP contribution in [0.1, 0.15) is 72.0 Å². The molecule has 5 rings (SSSR count). The van der Waals surface area contributed by atoms with Crippen molar-refractivity contribution in [3.05, 3.63) is 36.3 Å². The molecular weight excluding hydrogens is 492 g/mol. The Morgan fingerprint density at radius 2 is 1.95 bits per heavy atom. The third-order valence-electron chi connectivity index (χ3n) is 10.5. The molecule has 2 bridgehead atoms. The minimum Gasteiger partial charge on any atom is -0.472 e. The molecule has 2 aliphatic heterocycles. The molecule has 2 saturated heterocycles. The summed E-state index contributed by atoms with van der Waals surface area (Å²) in [5.74, 6) is -1.93. The SMILES string of the molecule is C=C1[C@@H]2CC[C@@]3(C)[C@@H](c4ccoc4)OC(=O)C[C@]13O[C@@H]1[C@@H](OC(C)=O)[C@@H](O)C(C)(C)[C@@H](CC(=O)OC)[C@]12C. The fourth-order valence-corrected chi connectivity index (χ4v) is 8.48. The van der Waals surface area contributed by atoms with Gasteiger partial charge in [-0.1, -0.05) is 34.3 Å². The minimum absolute atomic E-state index is 0.0479. The summed E-state index contributed by atoms with van der Waals surface area (Å²) in [4.78, 5) is 38.1. The van der Waals surface area contributed by atoms with Gasteiger partial charge in [-0.25, -0.2) is 0 Å². The summed E-state index contributed by atoms with van der Waals surface area (Å²) in [5.41, 5.74) is -1.91. The van der Waals surface area contributed by atoms with Crippen molar-refractivity contribution >= 4 is 17.9 Å². The quantitative estimate of drug-likeness (QED) is 0.351. The fraction of sp³-hybridized carbons (Fsp3) is 0.690. The Balaban J connectivity index is 1.69. The molecule has 0 amide bonds. The molecule has 0 aromatic carbocycles. The Morgan fingerprint density at radius 3 is 2.55 bits per heavy atom. The summed E-state index contributed by atoms with van der Waals surface area (Å²) in [5, 5.41) is 11.7. The average molecular weight is 531 g/mol. The molecule has 9 heteroatoms. The van der Waals surface area contributed by atoms with Crippen LogP contribution >= 0.6 is 0 Å². The largest absolute Gasteiger partial charge is 0.472 e. The minimum atomic E-state index is -1.13. The number of esters is 3. The van der Waals surface area contributed by atoms with Gasteiger partial charge in [-0.15, -0.1) is 0 Å². The van der Waals surface area contributed by atoms with Gasteiger partial charge in [0, 0.05) is 29.7 Å². The van der Waals surface area contributed by atoms with E-state index in [2.05, 4.69) is 6.58 Å². The smallest absolute Gasteiger partial charge is 0.309 e. The molecule has 1 aromatic heterocycles. The molecule has 208 valence electrons. The van der Waals surface area contributed by atoms with E-state index in [0.717, 1.165) is 11.1 Å².